The minimum Gasteiger partial charge on any atom is -0.481 e. The van der Waals surface area contributed by atoms with Gasteiger partial charge in [0.2, 0.25) is 5.91 Å². The molecule has 1 aliphatic heterocycles. The van der Waals surface area contributed by atoms with Crippen LogP contribution < -0.4 is 5.73 Å². The maximum absolute atomic E-state index is 12.2. The summed E-state index contributed by atoms with van der Waals surface area (Å²) in [5.74, 6) is -1.04. The van der Waals surface area contributed by atoms with Gasteiger partial charge in [-0.05, 0) is 6.42 Å². The Morgan fingerprint density at radius 1 is 1.44 bits per heavy atom. The van der Waals surface area contributed by atoms with Crippen molar-refractivity contribution in [2.24, 2.45) is 11.7 Å². The summed E-state index contributed by atoms with van der Waals surface area (Å²) in [6, 6.07) is -0.0465. The van der Waals surface area contributed by atoms with E-state index in [1.807, 2.05) is 12.2 Å². The minimum absolute atomic E-state index is 0.0258. The maximum Gasteiger partial charge on any atom is 0.306 e. The third-order valence-corrected chi connectivity index (χ3v) is 3.29. The number of hydrogen-bond donors (Lipinski definition) is 2. The van der Waals surface area contributed by atoms with E-state index in [-0.39, 0.29) is 24.3 Å². The molecule has 0 spiro atoms. The second-order valence-corrected chi connectivity index (χ2v) is 4.77. The topological polar surface area (TPSA) is 92.9 Å². The number of amides is 1. The Bertz CT molecular complexity index is 369. The molecule has 1 heterocycles. The number of morpholine rings is 1. The molecule has 0 aromatic rings. The third kappa shape index (κ3) is 3.08. The molecule has 0 radical (unpaired) electrons. The van der Waals surface area contributed by atoms with Gasteiger partial charge in [-0.25, -0.2) is 0 Å². The van der Waals surface area contributed by atoms with Crippen molar-refractivity contribution >= 4 is 11.9 Å². The largest absolute Gasteiger partial charge is 0.481 e. The molecule has 3 N–H and O–H groups in total. The number of carboxylic acids is 1. The lowest BCUT2D eigenvalue weighted by Crippen LogP contribution is -2.48. The predicted octanol–water partition coefficient (Wildman–Crippen LogP) is -0.408. The zero-order valence-corrected chi connectivity index (χ0v) is 10.1. The van der Waals surface area contributed by atoms with Crippen LogP contribution in [0.25, 0.3) is 0 Å². The Morgan fingerprint density at radius 3 is 2.83 bits per heavy atom. The van der Waals surface area contributed by atoms with Gasteiger partial charge in [0.15, 0.2) is 0 Å². The molecule has 2 aliphatic rings. The van der Waals surface area contributed by atoms with E-state index in [4.69, 9.17) is 15.6 Å². The monoisotopic (exact) mass is 254 g/mol. The zero-order valence-electron chi connectivity index (χ0n) is 10.1. The molecule has 2 rings (SSSR count). The number of carboxylic acid groups (broad SMARTS) is 1. The van der Waals surface area contributed by atoms with Crippen LogP contribution in [0, 0.1) is 5.92 Å². The van der Waals surface area contributed by atoms with Crippen molar-refractivity contribution in [1.82, 2.24) is 4.90 Å². The van der Waals surface area contributed by atoms with E-state index < -0.39 is 12.1 Å². The molecule has 1 aliphatic carbocycles. The highest BCUT2D eigenvalue weighted by Gasteiger charge is 2.31. The van der Waals surface area contributed by atoms with E-state index in [0.717, 1.165) is 0 Å². The molecule has 0 bridgehead atoms. The maximum atomic E-state index is 12.2. The van der Waals surface area contributed by atoms with E-state index in [2.05, 4.69) is 0 Å². The Labute approximate surface area is 105 Å². The van der Waals surface area contributed by atoms with Gasteiger partial charge in [-0.3, -0.25) is 9.59 Å². The van der Waals surface area contributed by atoms with E-state index in [1.165, 1.54) is 0 Å². The Kier molecular flexibility index (Phi) is 3.98. The van der Waals surface area contributed by atoms with Crippen LogP contribution in [0.3, 0.4) is 0 Å². The van der Waals surface area contributed by atoms with Crippen LogP contribution in [0.4, 0.5) is 0 Å². The molecule has 1 fully saturated rings. The summed E-state index contributed by atoms with van der Waals surface area (Å²) < 4.78 is 5.34. The Hall–Kier alpha value is -1.40. The summed E-state index contributed by atoms with van der Waals surface area (Å²) in [5.41, 5.74) is 5.73. The molecule has 6 nitrogen and oxygen atoms in total. The summed E-state index contributed by atoms with van der Waals surface area (Å²) in [5, 5.41) is 8.73. The molecule has 0 saturated carbocycles. The summed E-state index contributed by atoms with van der Waals surface area (Å²) in [4.78, 5) is 24.5. The van der Waals surface area contributed by atoms with E-state index in [1.54, 1.807) is 4.90 Å². The van der Waals surface area contributed by atoms with Crippen molar-refractivity contribution in [3.05, 3.63) is 12.2 Å². The highest BCUT2D eigenvalue weighted by atomic mass is 16.5. The standard InChI is InChI=1S/C12H18N2O4/c13-9-2-1-8(5-9)12(17)14-3-4-18-10(7-14)6-11(15)16/h1-2,8-10H,3-7,13H2,(H,15,16). The number of nitrogens with zero attached hydrogens (tertiary/aromatic N) is 1. The molecule has 6 heteroatoms. The van der Waals surface area contributed by atoms with Gasteiger partial charge in [0.05, 0.1) is 25.0 Å². The van der Waals surface area contributed by atoms with E-state index >= 15 is 0 Å². The number of rotatable bonds is 3. The molecule has 1 amide bonds. The quantitative estimate of drug-likeness (QED) is 0.668. The van der Waals surface area contributed by atoms with Gasteiger partial charge in [0, 0.05) is 19.1 Å². The van der Waals surface area contributed by atoms with Crippen molar-refractivity contribution in [1.29, 1.82) is 0 Å². The van der Waals surface area contributed by atoms with Crippen LogP contribution in [0.5, 0.6) is 0 Å². The normalized spacial score (nSPS) is 31.6. The molecule has 1 saturated heterocycles. The number of nitrogens with two attached hydrogens (primary N) is 1. The molecule has 0 aromatic carbocycles. The second kappa shape index (κ2) is 5.49. The SMILES string of the molecule is NC1C=CC(C(=O)N2CCOC(CC(=O)O)C2)C1. The van der Waals surface area contributed by atoms with Crippen LogP contribution in [-0.4, -0.2) is 53.7 Å². The summed E-state index contributed by atoms with van der Waals surface area (Å²) >= 11 is 0. The minimum atomic E-state index is -0.905. The van der Waals surface area contributed by atoms with Crippen LogP contribution in [-0.2, 0) is 14.3 Å². The van der Waals surface area contributed by atoms with Gasteiger partial charge >= 0.3 is 5.97 Å². The predicted molar refractivity (Wildman–Crippen MR) is 63.8 cm³/mol. The van der Waals surface area contributed by atoms with Crippen LogP contribution in [0.1, 0.15) is 12.8 Å². The first-order valence-corrected chi connectivity index (χ1v) is 6.12. The van der Waals surface area contributed by atoms with Gasteiger partial charge in [0.1, 0.15) is 0 Å². The lowest BCUT2D eigenvalue weighted by molar-refractivity contribution is -0.149. The lowest BCUT2D eigenvalue weighted by Gasteiger charge is -2.33. The molecule has 18 heavy (non-hydrogen) atoms. The van der Waals surface area contributed by atoms with Gasteiger partial charge in [-0.1, -0.05) is 12.2 Å². The molecule has 3 atom stereocenters. The smallest absolute Gasteiger partial charge is 0.306 e. The Balaban J connectivity index is 1.90. The number of carbonyl (C=O) groups excluding carboxylic acids is 1. The number of hydrogen-bond acceptors (Lipinski definition) is 4. The fourth-order valence-electron chi connectivity index (χ4n) is 2.38. The average molecular weight is 254 g/mol. The molecule has 0 aromatic heterocycles. The van der Waals surface area contributed by atoms with Crippen LogP contribution in [0.15, 0.2) is 12.2 Å². The lowest BCUT2D eigenvalue weighted by atomic mass is 10.1. The average Bonchev–Trinajstić information content (AvgIpc) is 2.74. The second-order valence-electron chi connectivity index (χ2n) is 4.77. The summed E-state index contributed by atoms with van der Waals surface area (Å²) in [7, 11) is 0. The molecule has 100 valence electrons. The fraction of sp³-hybridized carbons (Fsp3) is 0.667. The third-order valence-electron chi connectivity index (χ3n) is 3.29. The highest BCUT2D eigenvalue weighted by molar-refractivity contribution is 5.81. The first-order chi connectivity index (χ1) is 8.56. The fourth-order valence-corrected chi connectivity index (χ4v) is 2.38. The van der Waals surface area contributed by atoms with E-state index in [9.17, 15) is 9.59 Å². The van der Waals surface area contributed by atoms with Crippen molar-refractivity contribution in [3.8, 4) is 0 Å². The Morgan fingerprint density at radius 2 is 2.22 bits per heavy atom. The summed E-state index contributed by atoms with van der Waals surface area (Å²) in [6.07, 6.45) is 3.86. The van der Waals surface area contributed by atoms with Crippen molar-refractivity contribution in [3.63, 3.8) is 0 Å². The van der Waals surface area contributed by atoms with Crippen LogP contribution in [0.2, 0.25) is 0 Å². The highest BCUT2D eigenvalue weighted by Crippen LogP contribution is 2.20. The number of aliphatic carboxylic acids is 1. The number of ether oxygens (including phenoxy) is 1. The first kappa shape index (κ1) is 13.0. The van der Waals surface area contributed by atoms with E-state index in [0.29, 0.717) is 26.1 Å². The van der Waals surface area contributed by atoms with Gasteiger partial charge in [0.25, 0.3) is 0 Å². The molecular formula is C12H18N2O4. The van der Waals surface area contributed by atoms with Crippen molar-refractivity contribution < 1.29 is 19.4 Å². The van der Waals surface area contributed by atoms with Gasteiger partial charge < -0.3 is 20.5 Å². The van der Waals surface area contributed by atoms with Gasteiger partial charge in [-0.15, -0.1) is 0 Å². The molecular weight excluding hydrogens is 236 g/mol. The first-order valence-electron chi connectivity index (χ1n) is 6.12. The molecule has 3 unspecified atom stereocenters. The van der Waals surface area contributed by atoms with Crippen molar-refractivity contribution in [2.75, 3.05) is 19.7 Å². The van der Waals surface area contributed by atoms with Gasteiger partial charge in [-0.2, -0.15) is 0 Å². The number of carbonyl (C=O) groups is 2. The summed E-state index contributed by atoms with van der Waals surface area (Å²) in [6.45, 7) is 1.27. The van der Waals surface area contributed by atoms with Crippen molar-refractivity contribution in [2.45, 2.75) is 25.0 Å². The van der Waals surface area contributed by atoms with Crippen LogP contribution >= 0.6 is 0 Å². The zero-order chi connectivity index (χ0) is 13.1.